The second-order valence-electron chi connectivity index (χ2n) is 5.87. The quantitative estimate of drug-likeness (QED) is 0.844. The summed E-state index contributed by atoms with van der Waals surface area (Å²) in [5, 5.41) is 8.71. The lowest BCUT2D eigenvalue weighted by Crippen LogP contribution is -2.36. The molecule has 0 unspecified atom stereocenters. The zero-order chi connectivity index (χ0) is 15.8. The van der Waals surface area contributed by atoms with Crippen LogP contribution in [0.25, 0.3) is 0 Å². The first kappa shape index (κ1) is 15.2. The van der Waals surface area contributed by atoms with Crippen LogP contribution in [0.4, 0.5) is 5.69 Å². The predicted octanol–water partition coefficient (Wildman–Crippen LogP) is 2.38. The molecule has 0 fully saturated rings. The van der Waals surface area contributed by atoms with Crippen LogP contribution in [0, 0.1) is 0 Å². The van der Waals surface area contributed by atoms with Crippen molar-refractivity contribution in [1.82, 2.24) is 0 Å². The minimum absolute atomic E-state index is 0.0328. The summed E-state index contributed by atoms with van der Waals surface area (Å²) in [4.78, 5) is 36.3. The van der Waals surface area contributed by atoms with Crippen molar-refractivity contribution in [3.8, 4) is 0 Å². The Hall–Kier alpha value is -2.17. The summed E-state index contributed by atoms with van der Waals surface area (Å²) in [7, 11) is 0. The Morgan fingerprint density at radius 3 is 2.52 bits per heavy atom. The van der Waals surface area contributed by atoms with Gasteiger partial charge >= 0.3 is 5.97 Å². The lowest BCUT2D eigenvalue weighted by atomic mass is 9.85. The maximum absolute atomic E-state index is 12.5. The molecule has 1 aromatic rings. The predicted molar refractivity (Wildman–Crippen MR) is 78.7 cm³/mol. The molecule has 0 aromatic heterocycles. The number of benzene rings is 1. The number of hydrogen-bond acceptors (Lipinski definition) is 3. The zero-order valence-corrected chi connectivity index (χ0v) is 12.5. The van der Waals surface area contributed by atoms with E-state index >= 15 is 0 Å². The van der Waals surface area contributed by atoms with Gasteiger partial charge in [-0.15, -0.1) is 0 Å². The van der Waals surface area contributed by atoms with Crippen LogP contribution in [0.5, 0.6) is 0 Å². The molecule has 0 atom stereocenters. The van der Waals surface area contributed by atoms with Crippen molar-refractivity contribution >= 4 is 23.3 Å². The highest BCUT2D eigenvalue weighted by atomic mass is 16.4. The van der Waals surface area contributed by atoms with E-state index in [2.05, 4.69) is 0 Å². The van der Waals surface area contributed by atoms with E-state index in [-0.39, 0.29) is 18.1 Å². The number of anilines is 1. The third-order valence-corrected chi connectivity index (χ3v) is 3.92. The van der Waals surface area contributed by atoms with Crippen LogP contribution in [0.15, 0.2) is 18.2 Å². The van der Waals surface area contributed by atoms with Gasteiger partial charge in [0.2, 0.25) is 5.91 Å². The summed E-state index contributed by atoms with van der Waals surface area (Å²) in [6, 6.07) is 5.26. The smallest absolute Gasteiger partial charge is 0.303 e. The van der Waals surface area contributed by atoms with E-state index in [1.165, 1.54) is 6.92 Å². The zero-order valence-electron chi connectivity index (χ0n) is 12.5. The van der Waals surface area contributed by atoms with Crippen molar-refractivity contribution in [3.05, 3.63) is 29.3 Å². The molecule has 0 saturated heterocycles. The van der Waals surface area contributed by atoms with E-state index in [0.717, 1.165) is 11.3 Å². The summed E-state index contributed by atoms with van der Waals surface area (Å²) < 4.78 is 0. The van der Waals surface area contributed by atoms with Crippen LogP contribution in [-0.4, -0.2) is 29.3 Å². The first-order chi connectivity index (χ1) is 9.75. The summed E-state index contributed by atoms with van der Waals surface area (Å²) >= 11 is 0. The fourth-order valence-corrected chi connectivity index (χ4v) is 2.66. The molecule has 0 radical (unpaired) electrons. The van der Waals surface area contributed by atoms with Crippen LogP contribution in [0.3, 0.4) is 0 Å². The number of Topliss-reactive ketones (excluding diaryl/α,β-unsaturated/α-hetero) is 1. The average molecular weight is 289 g/mol. The van der Waals surface area contributed by atoms with Crippen molar-refractivity contribution in [2.24, 2.45) is 0 Å². The van der Waals surface area contributed by atoms with Gasteiger partial charge in [-0.25, -0.2) is 0 Å². The Balaban J connectivity index is 2.34. The highest BCUT2D eigenvalue weighted by Gasteiger charge is 2.43. The molecule has 21 heavy (non-hydrogen) atoms. The molecule has 1 aliphatic rings. The number of carboxylic acid groups (broad SMARTS) is 1. The largest absolute Gasteiger partial charge is 0.481 e. The van der Waals surface area contributed by atoms with Gasteiger partial charge in [-0.2, -0.15) is 0 Å². The second-order valence-corrected chi connectivity index (χ2v) is 5.87. The van der Waals surface area contributed by atoms with E-state index in [9.17, 15) is 14.4 Å². The van der Waals surface area contributed by atoms with Crippen molar-refractivity contribution in [1.29, 1.82) is 0 Å². The monoisotopic (exact) mass is 289 g/mol. The number of carboxylic acids is 1. The van der Waals surface area contributed by atoms with Gasteiger partial charge in [0, 0.05) is 24.2 Å². The Kier molecular flexibility index (Phi) is 3.85. The number of carbonyl (C=O) groups excluding carboxylic acids is 2. The van der Waals surface area contributed by atoms with E-state index in [1.54, 1.807) is 23.1 Å². The minimum atomic E-state index is -0.868. The van der Waals surface area contributed by atoms with Crippen LogP contribution in [0.1, 0.15) is 49.5 Å². The lowest BCUT2D eigenvalue weighted by Gasteiger charge is -2.20. The van der Waals surface area contributed by atoms with E-state index < -0.39 is 11.4 Å². The van der Waals surface area contributed by atoms with E-state index in [0.29, 0.717) is 18.5 Å². The molecule has 112 valence electrons. The number of amides is 1. The van der Waals surface area contributed by atoms with Crippen LogP contribution in [0.2, 0.25) is 0 Å². The Morgan fingerprint density at radius 1 is 1.29 bits per heavy atom. The van der Waals surface area contributed by atoms with Crippen molar-refractivity contribution in [2.75, 3.05) is 11.4 Å². The topological polar surface area (TPSA) is 74.7 Å². The molecule has 1 N–H and O–H groups in total. The minimum Gasteiger partial charge on any atom is -0.481 e. The number of rotatable bonds is 5. The molecule has 0 spiro atoms. The molecule has 2 rings (SSSR count). The molecule has 5 heteroatoms. The molecule has 0 saturated carbocycles. The summed E-state index contributed by atoms with van der Waals surface area (Å²) in [6.07, 6.45) is 0.441. The van der Waals surface area contributed by atoms with Crippen molar-refractivity contribution in [3.63, 3.8) is 0 Å². The van der Waals surface area contributed by atoms with Gasteiger partial charge < -0.3 is 10.0 Å². The first-order valence-electron chi connectivity index (χ1n) is 6.94. The van der Waals surface area contributed by atoms with E-state index in [4.69, 9.17) is 5.11 Å². The molecule has 1 aromatic carbocycles. The summed E-state index contributed by atoms with van der Waals surface area (Å²) in [5.41, 5.74) is 1.50. The molecule has 1 aliphatic heterocycles. The van der Waals surface area contributed by atoms with Gasteiger partial charge in [-0.1, -0.05) is 0 Å². The van der Waals surface area contributed by atoms with Crippen LogP contribution >= 0.6 is 0 Å². The number of aliphatic carboxylic acids is 1. The maximum Gasteiger partial charge on any atom is 0.303 e. The highest BCUT2D eigenvalue weighted by Crippen LogP contribution is 2.42. The van der Waals surface area contributed by atoms with Gasteiger partial charge in [0.15, 0.2) is 5.78 Å². The number of ketones is 1. The highest BCUT2D eigenvalue weighted by molar-refractivity contribution is 6.08. The number of fused-ring (bicyclic) bond motifs is 1. The maximum atomic E-state index is 12.5. The Morgan fingerprint density at radius 2 is 1.95 bits per heavy atom. The molecule has 1 heterocycles. The van der Waals surface area contributed by atoms with Crippen molar-refractivity contribution in [2.45, 2.75) is 39.0 Å². The van der Waals surface area contributed by atoms with Gasteiger partial charge in [0.25, 0.3) is 0 Å². The SMILES string of the molecule is CC(=O)c1ccc2c(c1)C(C)(C)C(=O)N2CCCC(=O)O. The lowest BCUT2D eigenvalue weighted by molar-refractivity contribution is -0.137. The summed E-state index contributed by atoms with van der Waals surface area (Å²) in [5.74, 6) is -0.956. The Labute approximate surface area is 123 Å². The Bertz CT molecular complexity index is 619. The van der Waals surface area contributed by atoms with Crippen LogP contribution in [-0.2, 0) is 15.0 Å². The number of carbonyl (C=O) groups is 3. The van der Waals surface area contributed by atoms with Gasteiger partial charge in [0.1, 0.15) is 0 Å². The normalized spacial score (nSPS) is 16.0. The molecule has 1 amide bonds. The summed E-state index contributed by atoms with van der Waals surface area (Å²) in [6.45, 7) is 5.53. The van der Waals surface area contributed by atoms with Crippen molar-refractivity contribution < 1.29 is 19.5 Å². The van der Waals surface area contributed by atoms with E-state index in [1.807, 2.05) is 13.8 Å². The first-order valence-corrected chi connectivity index (χ1v) is 6.94. The van der Waals surface area contributed by atoms with Crippen LogP contribution < -0.4 is 4.90 Å². The average Bonchev–Trinajstić information content (AvgIpc) is 2.59. The fraction of sp³-hybridized carbons (Fsp3) is 0.438. The number of hydrogen-bond donors (Lipinski definition) is 1. The van der Waals surface area contributed by atoms with Gasteiger partial charge in [0.05, 0.1) is 5.41 Å². The molecule has 5 nitrogen and oxygen atoms in total. The second kappa shape index (κ2) is 5.31. The third-order valence-electron chi connectivity index (χ3n) is 3.92. The van der Waals surface area contributed by atoms with Gasteiger partial charge in [-0.3, -0.25) is 14.4 Å². The number of nitrogens with zero attached hydrogens (tertiary/aromatic N) is 1. The molecular formula is C16H19NO4. The third kappa shape index (κ3) is 2.68. The standard InChI is InChI=1S/C16H19NO4/c1-10(18)11-6-7-13-12(9-11)16(2,3)15(21)17(13)8-4-5-14(19)20/h6-7,9H,4-5,8H2,1-3H3,(H,19,20). The van der Waals surface area contributed by atoms with Gasteiger partial charge in [-0.05, 0) is 51.0 Å². The molecule has 0 aliphatic carbocycles. The molecule has 0 bridgehead atoms. The molecular weight excluding hydrogens is 270 g/mol. The fourth-order valence-electron chi connectivity index (χ4n) is 2.66.